The number of hydrogen-bond acceptors (Lipinski definition) is 4. The fraction of sp³-hybridized carbons (Fsp3) is 0.571. The predicted octanol–water partition coefficient (Wildman–Crippen LogP) is 1.21. The van der Waals surface area contributed by atoms with Crippen LogP contribution in [0.1, 0.15) is 25.8 Å². The second-order valence-corrected chi connectivity index (χ2v) is 8.30. The number of carbonyl (C=O) groups is 3. The molecule has 8 heteroatoms. The third kappa shape index (κ3) is 4.99. The first kappa shape index (κ1) is 21.0. The Morgan fingerprint density at radius 2 is 1.83 bits per heavy atom. The molecular weight excluding hydrogens is 372 g/mol. The van der Waals surface area contributed by atoms with Gasteiger partial charge in [-0.05, 0) is 17.7 Å². The number of methoxy groups -OCH3 is 1. The number of urea groups is 1. The van der Waals surface area contributed by atoms with Crippen LogP contribution in [0.5, 0.6) is 5.75 Å². The maximum Gasteiger partial charge on any atom is 0.317 e. The highest BCUT2D eigenvalue weighted by Gasteiger charge is 2.45. The number of carbonyl (C=O) groups excluding carboxylic acids is 3. The van der Waals surface area contributed by atoms with Gasteiger partial charge in [-0.2, -0.15) is 0 Å². The number of ether oxygens (including phenoxy) is 1. The molecule has 0 aromatic heterocycles. The van der Waals surface area contributed by atoms with Crippen molar-refractivity contribution in [1.29, 1.82) is 0 Å². The lowest BCUT2D eigenvalue weighted by Gasteiger charge is -2.33. The van der Waals surface area contributed by atoms with Gasteiger partial charge >= 0.3 is 6.03 Å². The monoisotopic (exact) mass is 402 g/mol. The van der Waals surface area contributed by atoms with E-state index in [1.165, 1.54) is 0 Å². The highest BCUT2D eigenvalue weighted by atomic mass is 16.5. The normalized spacial score (nSPS) is 21.9. The van der Waals surface area contributed by atoms with Crippen molar-refractivity contribution in [3.8, 4) is 5.75 Å². The molecule has 2 aliphatic rings. The number of benzene rings is 1. The molecule has 4 amide bonds. The summed E-state index contributed by atoms with van der Waals surface area (Å²) in [7, 11) is 1.61. The van der Waals surface area contributed by atoms with Crippen LogP contribution in [-0.4, -0.2) is 67.5 Å². The molecule has 0 radical (unpaired) electrons. The topological polar surface area (TPSA) is 91.0 Å². The smallest absolute Gasteiger partial charge is 0.317 e. The summed E-state index contributed by atoms with van der Waals surface area (Å²) in [6.07, 6.45) is 0.330. The van der Waals surface area contributed by atoms with Crippen LogP contribution in [0.2, 0.25) is 0 Å². The van der Waals surface area contributed by atoms with Crippen LogP contribution in [-0.2, 0) is 16.1 Å². The fourth-order valence-corrected chi connectivity index (χ4v) is 3.99. The lowest BCUT2D eigenvalue weighted by molar-refractivity contribution is -0.135. The zero-order valence-corrected chi connectivity index (χ0v) is 17.4. The number of hydrogen-bond donors (Lipinski definition) is 2. The molecule has 29 heavy (non-hydrogen) atoms. The van der Waals surface area contributed by atoms with Crippen LogP contribution < -0.4 is 15.4 Å². The van der Waals surface area contributed by atoms with Gasteiger partial charge in [-0.15, -0.1) is 0 Å². The van der Waals surface area contributed by atoms with Gasteiger partial charge in [0.05, 0.1) is 7.11 Å². The van der Waals surface area contributed by atoms with E-state index >= 15 is 0 Å². The number of nitrogens with zero attached hydrogens (tertiary/aromatic N) is 2. The molecule has 2 heterocycles. The molecule has 0 aliphatic carbocycles. The number of rotatable bonds is 4. The largest absolute Gasteiger partial charge is 0.497 e. The van der Waals surface area contributed by atoms with E-state index < -0.39 is 5.41 Å². The lowest BCUT2D eigenvalue weighted by atomic mass is 9.86. The summed E-state index contributed by atoms with van der Waals surface area (Å²) in [4.78, 5) is 40.9. The Hall–Kier alpha value is -2.77. The van der Waals surface area contributed by atoms with Gasteiger partial charge in [0.25, 0.3) is 0 Å². The average Bonchev–Trinajstić information content (AvgIpc) is 2.96. The van der Waals surface area contributed by atoms with Gasteiger partial charge < -0.3 is 25.2 Å². The quantitative estimate of drug-likeness (QED) is 0.792. The van der Waals surface area contributed by atoms with Gasteiger partial charge in [-0.1, -0.05) is 26.0 Å². The third-order valence-electron chi connectivity index (χ3n) is 5.58. The van der Waals surface area contributed by atoms with E-state index in [1.54, 1.807) is 12.0 Å². The molecule has 2 N–H and O–H groups in total. The van der Waals surface area contributed by atoms with E-state index in [1.807, 2.05) is 43.0 Å². The maximum atomic E-state index is 12.9. The van der Waals surface area contributed by atoms with Gasteiger partial charge in [0.1, 0.15) is 5.75 Å². The summed E-state index contributed by atoms with van der Waals surface area (Å²) in [5.41, 5.74) is 0.535. The molecule has 2 aliphatic heterocycles. The van der Waals surface area contributed by atoms with Crippen molar-refractivity contribution in [1.82, 2.24) is 20.4 Å². The van der Waals surface area contributed by atoms with Crippen LogP contribution in [0, 0.1) is 11.3 Å². The van der Waals surface area contributed by atoms with E-state index in [0.717, 1.165) is 11.3 Å². The van der Waals surface area contributed by atoms with Crippen LogP contribution in [0.3, 0.4) is 0 Å². The first-order chi connectivity index (χ1) is 13.8. The van der Waals surface area contributed by atoms with E-state index in [4.69, 9.17) is 4.74 Å². The van der Waals surface area contributed by atoms with Crippen LogP contribution in [0.4, 0.5) is 4.79 Å². The Kier molecular flexibility index (Phi) is 6.30. The number of amides is 4. The molecule has 1 aromatic carbocycles. The minimum atomic E-state index is -0.435. The summed E-state index contributed by atoms with van der Waals surface area (Å²) < 4.78 is 5.15. The molecule has 2 fully saturated rings. The molecule has 1 aromatic rings. The van der Waals surface area contributed by atoms with Gasteiger partial charge in [-0.25, -0.2) is 4.79 Å². The summed E-state index contributed by atoms with van der Waals surface area (Å²) in [5, 5.41) is 5.83. The fourth-order valence-electron chi connectivity index (χ4n) is 3.99. The minimum absolute atomic E-state index is 0.0255. The van der Waals surface area contributed by atoms with Crippen LogP contribution in [0.25, 0.3) is 0 Å². The molecule has 0 bridgehead atoms. The van der Waals surface area contributed by atoms with Gasteiger partial charge in [0.2, 0.25) is 11.8 Å². The predicted molar refractivity (Wildman–Crippen MR) is 108 cm³/mol. The molecule has 0 unspecified atom stereocenters. The number of nitrogens with one attached hydrogen (secondary N) is 2. The Balaban J connectivity index is 1.68. The van der Waals surface area contributed by atoms with Crippen molar-refractivity contribution in [3.05, 3.63) is 29.8 Å². The molecule has 2 saturated heterocycles. The van der Waals surface area contributed by atoms with E-state index in [-0.39, 0.29) is 23.8 Å². The van der Waals surface area contributed by atoms with Gasteiger partial charge in [-0.3, -0.25) is 9.59 Å². The van der Waals surface area contributed by atoms with E-state index in [0.29, 0.717) is 45.7 Å². The van der Waals surface area contributed by atoms with Crippen LogP contribution in [0.15, 0.2) is 24.3 Å². The Bertz CT molecular complexity index is 764. The molecule has 8 nitrogen and oxygen atoms in total. The standard InChI is InChI=1S/C21H30N4O4/c1-15(2)19(27)24-8-9-25(14-21(13-24)10-18(26)23-12-21)20(28)22-11-16-4-6-17(29-3)7-5-16/h4-7,15H,8-14H2,1-3H3,(H,22,28)(H,23,26)/t21-/m0/s1. The maximum absolute atomic E-state index is 12.9. The second kappa shape index (κ2) is 8.71. The summed E-state index contributed by atoms with van der Waals surface area (Å²) in [5.74, 6) is 0.682. The molecule has 1 atom stereocenters. The minimum Gasteiger partial charge on any atom is -0.497 e. The summed E-state index contributed by atoms with van der Waals surface area (Å²) in [6, 6.07) is 7.34. The molecule has 3 rings (SSSR count). The van der Waals surface area contributed by atoms with E-state index in [9.17, 15) is 14.4 Å². The van der Waals surface area contributed by atoms with Crippen molar-refractivity contribution >= 4 is 17.8 Å². The molecule has 158 valence electrons. The van der Waals surface area contributed by atoms with E-state index in [2.05, 4.69) is 10.6 Å². The van der Waals surface area contributed by atoms with Crippen molar-refractivity contribution < 1.29 is 19.1 Å². The van der Waals surface area contributed by atoms with Crippen LogP contribution >= 0.6 is 0 Å². The molecular formula is C21H30N4O4. The highest BCUT2D eigenvalue weighted by Crippen LogP contribution is 2.31. The Morgan fingerprint density at radius 3 is 2.41 bits per heavy atom. The Morgan fingerprint density at radius 1 is 1.17 bits per heavy atom. The summed E-state index contributed by atoms with van der Waals surface area (Å²) in [6.45, 7) is 6.49. The zero-order chi connectivity index (χ0) is 21.0. The molecule has 0 saturated carbocycles. The summed E-state index contributed by atoms with van der Waals surface area (Å²) >= 11 is 0. The third-order valence-corrected chi connectivity index (χ3v) is 5.58. The lowest BCUT2D eigenvalue weighted by Crippen LogP contribution is -2.47. The Labute approximate surface area is 171 Å². The van der Waals surface area contributed by atoms with Crippen molar-refractivity contribution in [2.75, 3.05) is 39.8 Å². The van der Waals surface area contributed by atoms with Crippen molar-refractivity contribution in [2.24, 2.45) is 11.3 Å². The van der Waals surface area contributed by atoms with Gasteiger partial charge in [0.15, 0.2) is 0 Å². The SMILES string of the molecule is COc1ccc(CNC(=O)N2CCN(C(=O)C(C)C)C[C@]3(CNC(=O)C3)C2)cc1. The zero-order valence-electron chi connectivity index (χ0n) is 17.4. The van der Waals surface area contributed by atoms with Crippen molar-refractivity contribution in [2.45, 2.75) is 26.8 Å². The first-order valence-electron chi connectivity index (χ1n) is 10.0. The first-order valence-corrected chi connectivity index (χ1v) is 10.0. The highest BCUT2D eigenvalue weighted by molar-refractivity contribution is 5.81. The van der Waals surface area contributed by atoms with Crippen molar-refractivity contribution in [3.63, 3.8) is 0 Å². The molecule has 1 spiro atoms. The average molecular weight is 402 g/mol. The van der Waals surface area contributed by atoms with Gasteiger partial charge in [0, 0.05) is 57.0 Å². The second-order valence-electron chi connectivity index (χ2n) is 8.30.